The van der Waals surface area contributed by atoms with E-state index in [1.54, 1.807) is 0 Å². The van der Waals surface area contributed by atoms with E-state index in [1.807, 2.05) is 6.07 Å². The average Bonchev–Trinajstić information content (AvgIpc) is 3.76. The third-order valence-corrected chi connectivity index (χ3v) is 7.74. The van der Waals surface area contributed by atoms with Gasteiger partial charge in [-0.1, -0.05) is 43.3 Å². The van der Waals surface area contributed by atoms with Gasteiger partial charge in [-0.3, -0.25) is 19.2 Å². The van der Waals surface area contributed by atoms with E-state index in [2.05, 4.69) is 44.2 Å². The first kappa shape index (κ1) is 31.2. The van der Waals surface area contributed by atoms with Crippen molar-refractivity contribution in [1.29, 1.82) is 0 Å². The second-order valence-corrected chi connectivity index (χ2v) is 11.1. The zero-order valence-electron chi connectivity index (χ0n) is 25.1. The van der Waals surface area contributed by atoms with Crippen molar-refractivity contribution in [2.45, 2.75) is 104 Å². The van der Waals surface area contributed by atoms with Gasteiger partial charge in [-0.05, 0) is 71.9 Å². The monoisotopic (exact) mass is 580 g/mol. The average molecular weight is 581 g/mol. The number of esters is 4. The van der Waals surface area contributed by atoms with E-state index >= 15 is 0 Å². The lowest BCUT2D eigenvalue weighted by Gasteiger charge is -2.44. The Morgan fingerprint density at radius 2 is 1.36 bits per heavy atom. The summed E-state index contributed by atoms with van der Waals surface area (Å²) in [5, 5.41) is 0. The number of carbonyl (C=O) groups excluding carboxylic acids is 4. The van der Waals surface area contributed by atoms with Gasteiger partial charge in [0.25, 0.3) is 0 Å². The standard InChI is InChI=1S/C33H40O9/c1-7-23-8-10-24(11-9-23)14-26-15-27(16-28(18(26)2)25-12-13-25)30-32(40-21(5)36)33(41-22(6)37)31(39-20(4)35)29(42-30)17-38-19(3)34/h8-11,15-16,25,29-33H,7,12-14,17H2,1-6H3/t29-,30+,31-,32+,33+/m1/s1. The number of carbonyl (C=O) groups is 4. The summed E-state index contributed by atoms with van der Waals surface area (Å²) in [5.41, 5.74) is 6.66. The van der Waals surface area contributed by atoms with Gasteiger partial charge in [0.2, 0.25) is 0 Å². The highest BCUT2D eigenvalue weighted by Crippen LogP contribution is 2.45. The van der Waals surface area contributed by atoms with Crippen LogP contribution < -0.4 is 0 Å². The first-order chi connectivity index (χ1) is 20.0. The summed E-state index contributed by atoms with van der Waals surface area (Å²) in [7, 11) is 0. The molecule has 0 spiro atoms. The minimum atomic E-state index is -1.20. The summed E-state index contributed by atoms with van der Waals surface area (Å²) in [5.74, 6) is -2.06. The lowest BCUT2D eigenvalue weighted by Crippen LogP contribution is -2.59. The molecule has 1 aliphatic carbocycles. The molecule has 2 aromatic carbocycles. The van der Waals surface area contributed by atoms with E-state index in [0.29, 0.717) is 12.3 Å². The Balaban J connectivity index is 1.81. The first-order valence-electron chi connectivity index (χ1n) is 14.5. The molecule has 1 saturated carbocycles. The minimum absolute atomic E-state index is 0.258. The third-order valence-electron chi connectivity index (χ3n) is 7.74. The molecule has 0 N–H and O–H groups in total. The van der Waals surface area contributed by atoms with Crippen molar-refractivity contribution >= 4 is 23.9 Å². The molecule has 5 atom stereocenters. The Hall–Kier alpha value is -3.72. The number of hydrogen-bond acceptors (Lipinski definition) is 9. The molecule has 9 heteroatoms. The van der Waals surface area contributed by atoms with Crippen LogP contribution in [-0.2, 0) is 55.7 Å². The van der Waals surface area contributed by atoms with Crippen molar-refractivity contribution in [2.24, 2.45) is 0 Å². The van der Waals surface area contributed by atoms with E-state index < -0.39 is 54.4 Å². The smallest absolute Gasteiger partial charge is 0.303 e. The van der Waals surface area contributed by atoms with Gasteiger partial charge in [0.05, 0.1) is 0 Å². The van der Waals surface area contributed by atoms with E-state index in [9.17, 15) is 19.2 Å². The van der Waals surface area contributed by atoms with Crippen molar-refractivity contribution in [2.75, 3.05) is 6.61 Å². The number of ether oxygens (including phenoxy) is 5. The van der Waals surface area contributed by atoms with Crippen molar-refractivity contribution in [3.05, 3.63) is 69.8 Å². The van der Waals surface area contributed by atoms with Crippen molar-refractivity contribution < 1.29 is 42.9 Å². The largest absolute Gasteiger partial charge is 0.463 e. The highest BCUT2D eigenvalue weighted by atomic mass is 16.7. The fourth-order valence-corrected chi connectivity index (χ4v) is 5.60. The summed E-state index contributed by atoms with van der Waals surface area (Å²) in [6, 6.07) is 12.6. The molecule has 42 heavy (non-hydrogen) atoms. The van der Waals surface area contributed by atoms with Crippen LogP contribution in [0, 0.1) is 6.92 Å². The van der Waals surface area contributed by atoms with Crippen LogP contribution >= 0.6 is 0 Å². The second kappa shape index (κ2) is 13.5. The zero-order chi connectivity index (χ0) is 30.6. The lowest BCUT2D eigenvalue weighted by molar-refractivity contribution is -0.254. The lowest BCUT2D eigenvalue weighted by atomic mass is 9.86. The van der Waals surface area contributed by atoms with E-state index in [0.717, 1.165) is 36.0 Å². The summed E-state index contributed by atoms with van der Waals surface area (Å²) in [6.45, 7) is 8.93. The molecule has 1 saturated heterocycles. The van der Waals surface area contributed by atoms with Gasteiger partial charge < -0.3 is 23.7 Å². The van der Waals surface area contributed by atoms with Crippen LogP contribution in [0.4, 0.5) is 0 Å². The van der Waals surface area contributed by atoms with Crippen molar-refractivity contribution in [3.63, 3.8) is 0 Å². The topological polar surface area (TPSA) is 114 Å². The van der Waals surface area contributed by atoms with Crippen LogP contribution in [0.5, 0.6) is 0 Å². The molecule has 0 aromatic heterocycles. The van der Waals surface area contributed by atoms with Crippen LogP contribution in [0.1, 0.15) is 92.9 Å². The Labute approximate surface area is 246 Å². The molecule has 2 aliphatic rings. The third kappa shape index (κ3) is 7.76. The molecule has 0 radical (unpaired) electrons. The Kier molecular flexibility index (Phi) is 10.0. The summed E-state index contributed by atoms with van der Waals surface area (Å²) in [6.07, 6.45) is -1.60. The van der Waals surface area contributed by atoms with Gasteiger partial charge >= 0.3 is 23.9 Å². The molecule has 1 aliphatic heterocycles. The zero-order valence-corrected chi connectivity index (χ0v) is 25.1. The van der Waals surface area contributed by atoms with Crippen LogP contribution in [0.15, 0.2) is 36.4 Å². The Morgan fingerprint density at radius 1 is 0.786 bits per heavy atom. The van der Waals surface area contributed by atoms with E-state index in [4.69, 9.17) is 23.7 Å². The minimum Gasteiger partial charge on any atom is -0.463 e. The van der Waals surface area contributed by atoms with Gasteiger partial charge in [-0.25, -0.2) is 0 Å². The molecule has 0 bridgehead atoms. The fraction of sp³-hybridized carbons (Fsp3) is 0.515. The molecule has 0 amide bonds. The molecule has 0 unspecified atom stereocenters. The molecular formula is C33H40O9. The maximum atomic E-state index is 12.3. The highest BCUT2D eigenvalue weighted by molar-refractivity contribution is 5.69. The molecule has 9 nitrogen and oxygen atoms in total. The van der Waals surface area contributed by atoms with Gasteiger partial charge in [-0.2, -0.15) is 0 Å². The summed E-state index contributed by atoms with van der Waals surface area (Å²) in [4.78, 5) is 48.4. The Bertz CT molecular complexity index is 1310. The van der Waals surface area contributed by atoms with E-state index in [-0.39, 0.29) is 6.61 Å². The predicted molar refractivity (Wildman–Crippen MR) is 153 cm³/mol. The molecule has 2 fully saturated rings. The normalized spacial score (nSPS) is 23.5. The maximum absolute atomic E-state index is 12.3. The second-order valence-electron chi connectivity index (χ2n) is 11.1. The molecule has 226 valence electrons. The SMILES string of the molecule is CCc1ccc(Cc2cc([C@@H]3O[C@H](COC(C)=O)[C@@H](OC(C)=O)[C@H](OC(C)=O)[C@H]3OC(C)=O)cc(C3CC3)c2C)cc1. The van der Waals surface area contributed by atoms with E-state index in [1.165, 1.54) is 44.4 Å². The van der Waals surface area contributed by atoms with Crippen LogP contribution in [-0.4, -0.2) is 54.9 Å². The summed E-state index contributed by atoms with van der Waals surface area (Å²) < 4.78 is 28.7. The van der Waals surface area contributed by atoms with Gasteiger partial charge in [0.15, 0.2) is 18.3 Å². The molecule has 2 aromatic rings. The number of rotatable bonds is 10. The van der Waals surface area contributed by atoms with Crippen molar-refractivity contribution in [3.8, 4) is 0 Å². The number of aryl methyl sites for hydroxylation is 1. The van der Waals surface area contributed by atoms with Crippen LogP contribution in [0.2, 0.25) is 0 Å². The van der Waals surface area contributed by atoms with Gasteiger partial charge in [0, 0.05) is 27.7 Å². The van der Waals surface area contributed by atoms with Gasteiger partial charge in [0.1, 0.15) is 18.8 Å². The van der Waals surface area contributed by atoms with Gasteiger partial charge in [-0.15, -0.1) is 0 Å². The quantitative estimate of drug-likeness (QED) is 0.288. The summed E-state index contributed by atoms with van der Waals surface area (Å²) >= 11 is 0. The molecule has 4 rings (SSSR count). The van der Waals surface area contributed by atoms with Crippen LogP contribution in [0.25, 0.3) is 0 Å². The fourth-order valence-electron chi connectivity index (χ4n) is 5.60. The number of hydrogen-bond donors (Lipinski definition) is 0. The molecular weight excluding hydrogens is 540 g/mol. The van der Waals surface area contributed by atoms with Crippen molar-refractivity contribution in [1.82, 2.24) is 0 Å². The molecule has 1 heterocycles. The first-order valence-corrected chi connectivity index (χ1v) is 14.5. The highest BCUT2D eigenvalue weighted by Gasteiger charge is 2.52. The number of benzene rings is 2. The Morgan fingerprint density at radius 3 is 1.90 bits per heavy atom. The maximum Gasteiger partial charge on any atom is 0.303 e. The predicted octanol–water partition coefficient (Wildman–Crippen LogP) is 4.82. The van der Waals surface area contributed by atoms with Crippen LogP contribution in [0.3, 0.4) is 0 Å².